The number of halogens is 1. The Labute approximate surface area is 184 Å². The van der Waals surface area contributed by atoms with Gasteiger partial charge < -0.3 is 9.84 Å². The molecule has 31 heavy (non-hydrogen) atoms. The van der Waals surface area contributed by atoms with Gasteiger partial charge in [-0.1, -0.05) is 44.2 Å². The molecule has 0 aliphatic rings. The highest BCUT2D eigenvalue weighted by molar-refractivity contribution is 5.44. The third kappa shape index (κ3) is 5.51. The van der Waals surface area contributed by atoms with Crippen LogP contribution in [0.1, 0.15) is 45.4 Å². The van der Waals surface area contributed by atoms with E-state index >= 15 is 0 Å². The summed E-state index contributed by atoms with van der Waals surface area (Å²) in [5.74, 6) is 0.243. The van der Waals surface area contributed by atoms with Crippen LogP contribution in [0.15, 0.2) is 54.6 Å². The van der Waals surface area contributed by atoms with Gasteiger partial charge in [0.25, 0.3) is 0 Å². The zero-order valence-electron chi connectivity index (χ0n) is 18.8. The summed E-state index contributed by atoms with van der Waals surface area (Å²) < 4.78 is 22.3. The van der Waals surface area contributed by atoms with Gasteiger partial charge in [0.15, 0.2) is 11.6 Å². The second kappa shape index (κ2) is 10.6. The minimum atomic E-state index is -0.422. The molecule has 0 aliphatic carbocycles. The number of para-hydroxylation sites is 2. The lowest BCUT2D eigenvalue weighted by atomic mass is 10.1. The molecule has 3 aromatic rings. The summed E-state index contributed by atoms with van der Waals surface area (Å²) in [5.41, 5.74) is 2.65. The highest BCUT2D eigenvalue weighted by Gasteiger charge is 2.25. The Morgan fingerprint density at radius 2 is 1.74 bits per heavy atom. The summed E-state index contributed by atoms with van der Waals surface area (Å²) >= 11 is 0. The van der Waals surface area contributed by atoms with Crippen molar-refractivity contribution in [2.75, 3.05) is 6.54 Å². The Morgan fingerprint density at radius 1 is 1.06 bits per heavy atom. The fourth-order valence-electron chi connectivity index (χ4n) is 3.46. The Hall–Kier alpha value is -2.70. The lowest BCUT2D eigenvalue weighted by molar-refractivity contribution is 0.0875. The molecule has 1 aromatic heterocycles. The molecule has 0 aliphatic heterocycles. The minimum Gasteiger partial charge on any atom is -0.435 e. The minimum absolute atomic E-state index is 0.160. The first-order chi connectivity index (χ1) is 14.9. The maximum atomic E-state index is 14.4. The van der Waals surface area contributed by atoms with Crippen LogP contribution in [0, 0.1) is 5.82 Å². The second-order valence-corrected chi connectivity index (χ2v) is 7.95. The van der Waals surface area contributed by atoms with Gasteiger partial charge in [0.1, 0.15) is 0 Å². The highest BCUT2D eigenvalue weighted by Crippen LogP contribution is 2.33. The first-order valence-corrected chi connectivity index (χ1v) is 10.9. The second-order valence-electron chi connectivity index (χ2n) is 7.95. The van der Waals surface area contributed by atoms with Gasteiger partial charge in [-0.05, 0) is 51.0 Å². The predicted molar refractivity (Wildman–Crippen MR) is 121 cm³/mol. The molecule has 0 fully saturated rings. The van der Waals surface area contributed by atoms with E-state index < -0.39 is 11.9 Å². The molecule has 1 N–H and O–H groups in total. The molecule has 1 unspecified atom stereocenters. The van der Waals surface area contributed by atoms with E-state index in [1.807, 2.05) is 37.3 Å². The third-order valence-corrected chi connectivity index (χ3v) is 5.41. The fraction of sp³-hybridized carbons (Fsp3) is 0.400. The van der Waals surface area contributed by atoms with E-state index in [1.54, 1.807) is 22.9 Å². The van der Waals surface area contributed by atoms with Gasteiger partial charge in [0, 0.05) is 19.1 Å². The van der Waals surface area contributed by atoms with Gasteiger partial charge in [-0.25, -0.2) is 9.07 Å². The van der Waals surface area contributed by atoms with E-state index in [-0.39, 0.29) is 11.8 Å². The lowest BCUT2D eigenvalue weighted by Gasteiger charge is -2.28. The Kier molecular flexibility index (Phi) is 7.82. The molecule has 5 nitrogen and oxygen atoms in total. The summed E-state index contributed by atoms with van der Waals surface area (Å²) in [6, 6.07) is 16.3. The van der Waals surface area contributed by atoms with Crippen molar-refractivity contribution < 1.29 is 14.2 Å². The van der Waals surface area contributed by atoms with E-state index in [0.717, 1.165) is 16.9 Å². The Bertz CT molecular complexity index is 972. The lowest BCUT2D eigenvalue weighted by Crippen LogP contribution is -2.37. The molecule has 0 saturated heterocycles. The SMILES string of the molecule is CCc1nn(-c2ccccc2)c(Oc2ccccc2F)c1CN(CC(O)CC)C(C)C. The maximum absolute atomic E-state index is 14.4. The number of aliphatic hydroxyl groups excluding tert-OH is 1. The molecular formula is C25H32FN3O2. The van der Waals surface area contributed by atoms with Crippen LogP contribution in [-0.4, -0.2) is 38.5 Å². The van der Waals surface area contributed by atoms with E-state index in [0.29, 0.717) is 31.8 Å². The number of hydrogen-bond acceptors (Lipinski definition) is 4. The highest BCUT2D eigenvalue weighted by atomic mass is 19.1. The zero-order valence-corrected chi connectivity index (χ0v) is 18.8. The Morgan fingerprint density at radius 3 is 2.35 bits per heavy atom. The average molecular weight is 426 g/mol. The number of aryl methyl sites for hydroxylation is 1. The van der Waals surface area contributed by atoms with Crippen molar-refractivity contribution in [1.29, 1.82) is 0 Å². The van der Waals surface area contributed by atoms with Gasteiger partial charge >= 0.3 is 0 Å². The van der Waals surface area contributed by atoms with Crippen molar-refractivity contribution in [3.05, 3.63) is 71.7 Å². The topological polar surface area (TPSA) is 50.5 Å². The van der Waals surface area contributed by atoms with Crippen molar-refractivity contribution >= 4 is 0 Å². The molecule has 2 aromatic carbocycles. The molecule has 0 spiro atoms. The molecule has 0 saturated carbocycles. The van der Waals surface area contributed by atoms with E-state index in [4.69, 9.17) is 9.84 Å². The standard InChI is InChI=1S/C25H32FN3O2/c1-5-20(30)16-28(18(3)4)17-21-23(6-2)27-29(19-12-8-7-9-13-19)25(21)31-24-15-11-10-14-22(24)26/h7-15,18,20,30H,5-6,16-17H2,1-4H3. The van der Waals surface area contributed by atoms with Gasteiger partial charge in [0.2, 0.25) is 5.88 Å². The summed E-state index contributed by atoms with van der Waals surface area (Å²) in [7, 11) is 0. The molecule has 0 radical (unpaired) electrons. The molecule has 0 bridgehead atoms. The van der Waals surface area contributed by atoms with E-state index in [9.17, 15) is 9.50 Å². The third-order valence-electron chi connectivity index (χ3n) is 5.41. The van der Waals surface area contributed by atoms with Gasteiger partial charge in [-0.3, -0.25) is 4.90 Å². The fourth-order valence-corrected chi connectivity index (χ4v) is 3.46. The van der Waals surface area contributed by atoms with Crippen LogP contribution in [0.5, 0.6) is 11.6 Å². The van der Waals surface area contributed by atoms with Crippen LogP contribution >= 0.6 is 0 Å². The predicted octanol–water partition coefficient (Wildman–Crippen LogP) is 5.35. The molecule has 166 valence electrons. The molecule has 0 amide bonds. The number of nitrogens with zero attached hydrogens (tertiary/aromatic N) is 3. The number of benzene rings is 2. The summed E-state index contributed by atoms with van der Waals surface area (Å²) in [4.78, 5) is 2.20. The number of aliphatic hydroxyl groups is 1. The zero-order chi connectivity index (χ0) is 22.4. The number of hydrogen-bond donors (Lipinski definition) is 1. The molecular weight excluding hydrogens is 393 g/mol. The van der Waals surface area contributed by atoms with Crippen LogP contribution in [0.2, 0.25) is 0 Å². The number of rotatable bonds is 10. The number of ether oxygens (including phenoxy) is 1. The van der Waals surface area contributed by atoms with Crippen molar-refractivity contribution in [2.45, 2.75) is 59.2 Å². The van der Waals surface area contributed by atoms with Crippen LogP contribution in [0.4, 0.5) is 4.39 Å². The van der Waals surface area contributed by atoms with Crippen molar-refractivity contribution in [3.8, 4) is 17.3 Å². The molecule has 1 atom stereocenters. The summed E-state index contributed by atoms with van der Waals surface area (Å²) in [6.45, 7) is 9.33. The van der Waals surface area contributed by atoms with Gasteiger partial charge in [-0.2, -0.15) is 5.10 Å². The summed E-state index contributed by atoms with van der Waals surface area (Å²) in [5, 5.41) is 15.1. The van der Waals surface area contributed by atoms with Crippen molar-refractivity contribution in [2.24, 2.45) is 0 Å². The first kappa shape index (κ1) is 23.0. The average Bonchev–Trinajstić information content (AvgIpc) is 3.12. The van der Waals surface area contributed by atoms with Crippen molar-refractivity contribution in [1.82, 2.24) is 14.7 Å². The molecule has 6 heteroatoms. The number of aromatic nitrogens is 2. The molecule has 1 heterocycles. The smallest absolute Gasteiger partial charge is 0.227 e. The largest absolute Gasteiger partial charge is 0.435 e. The van der Waals surface area contributed by atoms with Gasteiger partial charge in [0.05, 0.1) is 23.0 Å². The van der Waals surface area contributed by atoms with Crippen LogP contribution in [-0.2, 0) is 13.0 Å². The normalized spacial score (nSPS) is 12.5. The van der Waals surface area contributed by atoms with Crippen LogP contribution < -0.4 is 4.74 Å². The van der Waals surface area contributed by atoms with Gasteiger partial charge in [-0.15, -0.1) is 0 Å². The Balaban J connectivity index is 2.10. The van der Waals surface area contributed by atoms with Crippen molar-refractivity contribution in [3.63, 3.8) is 0 Å². The maximum Gasteiger partial charge on any atom is 0.227 e. The quantitative estimate of drug-likeness (QED) is 0.476. The first-order valence-electron chi connectivity index (χ1n) is 10.9. The van der Waals surface area contributed by atoms with Crippen LogP contribution in [0.25, 0.3) is 5.69 Å². The summed E-state index contributed by atoms with van der Waals surface area (Å²) in [6.07, 6.45) is 0.990. The monoisotopic (exact) mass is 425 g/mol. The molecule has 3 rings (SSSR count). The van der Waals surface area contributed by atoms with E-state index in [1.165, 1.54) is 6.07 Å². The van der Waals surface area contributed by atoms with E-state index in [2.05, 4.69) is 25.7 Å². The van der Waals surface area contributed by atoms with Crippen LogP contribution in [0.3, 0.4) is 0 Å².